The molecule has 9 aromatic rings. The van der Waals surface area contributed by atoms with Crippen LogP contribution in [0.25, 0.3) is 44.2 Å². The molecule has 4 heteroatoms. The van der Waals surface area contributed by atoms with Crippen molar-refractivity contribution in [1.29, 1.82) is 0 Å². The van der Waals surface area contributed by atoms with Gasteiger partial charge in [0.15, 0.2) is 0 Å². The maximum Gasteiger partial charge on any atom is 0.252 e. The first kappa shape index (κ1) is 45.1. The van der Waals surface area contributed by atoms with E-state index < -0.39 is 0 Å². The zero-order chi connectivity index (χ0) is 50.0. The highest BCUT2D eigenvalue weighted by atomic mass is 16.3. The Morgan fingerprint density at radius 3 is 1.86 bits per heavy atom. The highest BCUT2D eigenvalue weighted by Crippen LogP contribution is 2.55. The van der Waals surface area contributed by atoms with Gasteiger partial charge in [-0.1, -0.05) is 167 Å². The summed E-state index contributed by atoms with van der Waals surface area (Å²) < 4.78 is 6.54. The zero-order valence-corrected chi connectivity index (χ0v) is 44.4. The van der Waals surface area contributed by atoms with Gasteiger partial charge in [-0.15, -0.1) is 0 Å². The van der Waals surface area contributed by atoms with Crippen LogP contribution in [-0.2, 0) is 27.1 Å². The normalized spacial score (nSPS) is 17.6. The Hall–Kier alpha value is -6.78. The van der Waals surface area contributed by atoms with E-state index in [2.05, 4.69) is 245 Å². The van der Waals surface area contributed by atoms with Crippen LogP contribution in [0, 0.1) is 6.92 Å². The predicted molar refractivity (Wildman–Crippen MR) is 308 cm³/mol. The third-order valence-corrected chi connectivity index (χ3v) is 17.7. The molecule has 4 aliphatic rings. The van der Waals surface area contributed by atoms with Gasteiger partial charge in [0.05, 0.1) is 5.69 Å². The first-order valence-corrected chi connectivity index (χ1v) is 26.5. The monoisotopic (exact) mass is 939 g/mol. The molecule has 13 rings (SSSR count). The number of para-hydroxylation sites is 1. The number of fused-ring (bicyclic) bond motifs is 9. The summed E-state index contributed by atoms with van der Waals surface area (Å²) in [5.41, 5.74) is 26.8. The van der Waals surface area contributed by atoms with Gasteiger partial charge in [-0.2, -0.15) is 0 Å². The number of aryl methyl sites for hydroxylation is 1. The van der Waals surface area contributed by atoms with Gasteiger partial charge in [0.25, 0.3) is 6.71 Å². The molecule has 0 spiro atoms. The lowest BCUT2D eigenvalue weighted by Gasteiger charge is -2.46. The fourth-order valence-corrected chi connectivity index (χ4v) is 14.1. The molecule has 2 aliphatic heterocycles. The van der Waals surface area contributed by atoms with Crippen molar-refractivity contribution in [3.05, 3.63) is 185 Å². The number of furan rings is 1. The Kier molecular flexibility index (Phi) is 9.49. The quantitative estimate of drug-likeness (QED) is 0.164. The van der Waals surface area contributed by atoms with E-state index in [0.29, 0.717) is 0 Å². The highest BCUT2D eigenvalue weighted by Gasteiger charge is 2.49. The summed E-state index contributed by atoms with van der Waals surface area (Å²) in [6.45, 7) is 28.9. The first-order chi connectivity index (χ1) is 34.2. The third-order valence-electron chi connectivity index (χ3n) is 17.7. The van der Waals surface area contributed by atoms with Crippen molar-refractivity contribution < 1.29 is 4.42 Å². The van der Waals surface area contributed by atoms with Crippen molar-refractivity contribution in [3.63, 3.8) is 0 Å². The van der Waals surface area contributed by atoms with Gasteiger partial charge in [-0.3, -0.25) is 0 Å². The van der Waals surface area contributed by atoms with E-state index in [4.69, 9.17) is 4.42 Å². The van der Waals surface area contributed by atoms with Gasteiger partial charge in [-0.25, -0.2) is 0 Å². The van der Waals surface area contributed by atoms with Crippen LogP contribution < -0.4 is 26.2 Å². The number of hydrogen-bond acceptors (Lipinski definition) is 3. The van der Waals surface area contributed by atoms with Gasteiger partial charge >= 0.3 is 0 Å². The van der Waals surface area contributed by atoms with Crippen LogP contribution >= 0.6 is 0 Å². The molecule has 2 aliphatic carbocycles. The van der Waals surface area contributed by atoms with E-state index in [0.717, 1.165) is 28.4 Å². The molecule has 8 aromatic carbocycles. The van der Waals surface area contributed by atoms with Crippen LogP contribution in [0.3, 0.4) is 0 Å². The fraction of sp³-hybridized carbons (Fsp3) is 0.294. The molecule has 0 saturated heterocycles. The van der Waals surface area contributed by atoms with Crippen molar-refractivity contribution in [1.82, 2.24) is 0 Å². The van der Waals surface area contributed by atoms with Crippen LogP contribution in [0.1, 0.15) is 129 Å². The molecule has 0 atom stereocenters. The summed E-state index contributed by atoms with van der Waals surface area (Å²) in [5.74, 6) is 0. The number of benzene rings is 8. The molecule has 72 heavy (non-hydrogen) atoms. The molecule has 3 heterocycles. The highest BCUT2D eigenvalue weighted by molar-refractivity contribution is 7.00. The lowest BCUT2D eigenvalue weighted by atomic mass is 9.33. The van der Waals surface area contributed by atoms with Gasteiger partial charge < -0.3 is 14.2 Å². The Morgan fingerprint density at radius 2 is 1.11 bits per heavy atom. The van der Waals surface area contributed by atoms with E-state index in [1.54, 1.807) is 0 Å². The van der Waals surface area contributed by atoms with Gasteiger partial charge in [0.2, 0.25) is 0 Å². The molecule has 0 fully saturated rings. The minimum Gasteiger partial charge on any atom is -0.456 e. The van der Waals surface area contributed by atoms with Crippen molar-refractivity contribution >= 4 is 79.2 Å². The molecule has 0 saturated carbocycles. The summed E-state index contributed by atoms with van der Waals surface area (Å²) in [6.07, 6.45) is 3.46. The van der Waals surface area contributed by atoms with Crippen LogP contribution in [0.15, 0.2) is 156 Å². The molecular weight excluding hydrogens is 872 g/mol. The summed E-state index contributed by atoms with van der Waals surface area (Å²) in [4.78, 5) is 5.32. The first-order valence-electron chi connectivity index (χ1n) is 26.5. The van der Waals surface area contributed by atoms with Crippen molar-refractivity contribution in [2.75, 3.05) is 9.80 Å². The minimum atomic E-state index is -0.0415. The second kappa shape index (κ2) is 15.1. The number of hydrogen-bond donors (Lipinski definition) is 0. The molecule has 0 radical (unpaired) electrons. The van der Waals surface area contributed by atoms with Gasteiger partial charge in [0.1, 0.15) is 11.2 Å². The standard InChI is InChI=1S/C68H67BN2O/c1-41-33-58-63-59(34-41)71(55-30-26-44(64(2,3)4)36-48(55)42-19-14-13-15-20-42)56-29-25-43(46-22-18-24-61-62(46)47-21-16-17-23-60(47)72-61)35-53(56)69(63)54-38-51-52(68(11,12)40-67(51,9)10)39-57(54)70(58)45-27-28-49-50(37-45)66(7,8)32-31-65(49,5)6/h13-30,33-39H,31-32,40H2,1-12H3. The Balaban J connectivity index is 1.15. The van der Waals surface area contributed by atoms with E-state index in [1.165, 1.54) is 119 Å². The summed E-state index contributed by atoms with van der Waals surface area (Å²) in [7, 11) is 0. The Morgan fingerprint density at radius 1 is 0.472 bits per heavy atom. The molecule has 1 aromatic heterocycles. The van der Waals surface area contributed by atoms with Crippen molar-refractivity contribution in [2.24, 2.45) is 0 Å². The zero-order valence-electron chi connectivity index (χ0n) is 44.4. The minimum absolute atomic E-state index is 0.0131. The SMILES string of the molecule is Cc1cc2c3c(c1)N(c1ccc(C(C)(C)C)cc1-c1ccccc1)c1ccc(-c4cccc5oc6ccccc6c45)cc1B3c1cc3c(cc1N2c1ccc2c(c1)C(C)(C)CCC2(C)C)C(C)(C)CC3(C)C. The maximum absolute atomic E-state index is 6.54. The lowest BCUT2D eigenvalue weighted by Crippen LogP contribution is -2.61. The van der Waals surface area contributed by atoms with Crippen LogP contribution in [0.2, 0.25) is 0 Å². The number of anilines is 6. The summed E-state index contributed by atoms with van der Waals surface area (Å²) in [6, 6.07) is 58.5. The average molecular weight is 939 g/mol. The summed E-state index contributed by atoms with van der Waals surface area (Å²) >= 11 is 0. The molecule has 0 bridgehead atoms. The van der Waals surface area contributed by atoms with E-state index in [-0.39, 0.29) is 33.8 Å². The topological polar surface area (TPSA) is 19.6 Å². The summed E-state index contributed by atoms with van der Waals surface area (Å²) in [5, 5.41) is 2.31. The van der Waals surface area contributed by atoms with E-state index >= 15 is 0 Å². The third kappa shape index (κ3) is 6.63. The molecule has 358 valence electrons. The smallest absolute Gasteiger partial charge is 0.252 e. The Labute approximate surface area is 428 Å². The van der Waals surface area contributed by atoms with Gasteiger partial charge in [-0.05, 0) is 180 Å². The largest absolute Gasteiger partial charge is 0.456 e. The van der Waals surface area contributed by atoms with Crippen LogP contribution in [0.5, 0.6) is 0 Å². The molecule has 0 amide bonds. The van der Waals surface area contributed by atoms with E-state index in [1.807, 2.05) is 0 Å². The van der Waals surface area contributed by atoms with Crippen LogP contribution in [-0.4, -0.2) is 6.71 Å². The number of rotatable bonds is 4. The predicted octanol–water partition coefficient (Wildman–Crippen LogP) is 16.9. The second-order valence-electron chi connectivity index (χ2n) is 25.6. The lowest BCUT2D eigenvalue weighted by molar-refractivity contribution is 0.332. The van der Waals surface area contributed by atoms with E-state index in [9.17, 15) is 0 Å². The van der Waals surface area contributed by atoms with Gasteiger partial charge in [0, 0.05) is 44.8 Å². The number of nitrogens with zero attached hydrogens (tertiary/aromatic N) is 2. The fourth-order valence-electron chi connectivity index (χ4n) is 14.1. The molecule has 0 N–H and O–H groups in total. The second-order valence-corrected chi connectivity index (χ2v) is 25.6. The van der Waals surface area contributed by atoms with Crippen molar-refractivity contribution in [3.8, 4) is 22.3 Å². The average Bonchev–Trinajstić information content (AvgIpc) is 3.81. The van der Waals surface area contributed by atoms with Crippen molar-refractivity contribution in [2.45, 2.75) is 129 Å². The maximum atomic E-state index is 6.54. The molecule has 3 nitrogen and oxygen atoms in total. The Bertz CT molecular complexity index is 3750. The molecule has 0 unspecified atom stereocenters. The molecular formula is C68H67BN2O. The van der Waals surface area contributed by atoms with Crippen LogP contribution in [0.4, 0.5) is 34.1 Å².